The molecule has 2 atom stereocenters. The minimum absolute atomic E-state index is 0.0751. The summed E-state index contributed by atoms with van der Waals surface area (Å²) in [4.78, 5) is 0.381. The van der Waals surface area contributed by atoms with Crippen LogP contribution < -0.4 is 5.32 Å². The number of para-hydroxylation sites is 1. The van der Waals surface area contributed by atoms with Crippen LogP contribution in [0.1, 0.15) is 32.6 Å². The third-order valence-corrected chi connectivity index (χ3v) is 5.93. The van der Waals surface area contributed by atoms with E-state index in [1.54, 1.807) is 19.1 Å². The van der Waals surface area contributed by atoms with Crippen LogP contribution in [0.2, 0.25) is 0 Å². The largest absolute Gasteiger partial charge is 0.380 e. The Morgan fingerprint density at radius 3 is 2.63 bits per heavy atom. The first-order valence-electron chi connectivity index (χ1n) is 6.77. The zero-order valence-corrected chi connectivity index (χ0v) is 12.7. The fourth-order valence-corrected chi connectivity index (χ4v) is 3.86. The Labute approximate surface area is 120 Å². The predicted octanol–water partition coefficient (Wildman–Crippen LogP) is 3.44. The van der Waals surface area contributed by atoms with Gasteiger partial charge < -0.3 is 5.32 Å². The van der Waals surface area contributed by atoms with Crippen molar-refractivity contribution in [3.63, 3.8) is 0 Å². The summed E-state index contributed by atoms with van der Waals surface area (Å²) in [6.07, 6.45) is 4.28. The molecule has 19 heavy (non-hydrogen) atoms. The van der Waals surface area contributed by atoms with Gasteiger partial charge in [0.15, 0.2) is 9.84 Å². The quantitative estimate of drug-likeness (QED) is 0.867. The summed E-state index contributed by atoms with van der Waals surface area (Å²) in [5.41, 5.74) is 0.682. The highest BCUT2D eigenvalue weighted by molar-refractivity contribution is 7.91. The molecule has 1 aromatic carbocycles. The number of sulfone groups is 1. The third-order valence-electron chi connectivity index (χ3n) is 3.62. The van der Waals surface area contributed by atoms with Crippen molar-refractivity contribution in [1.82, 2.24) is 0 Å². The van der Waals surface area contributed by atoms with Crippen molar-refractivity contribution >= 4 is 27.1 Å². The Morgan fingerprint density at radius 2 is 1.95 bits per heavy atom. The normalized spacial score (nSPS) is 24.1. The molecule has 0 bridgehead atoms. The standard InChI is InChI=1S/C14H20ClNO2S/c1-2-19(17,18)14-10-6-5-9-13(14)16-12-8-4-3-7-11(12)15/h5-6,9-12,16H,2-4,7-8H2,1H3. The van der Waals surface area contributed by atoms with E-state index in [1.807, 2.05) is 12.1 Å². The number of nitrogens with one attached hydrogen (secondary N) is 1. The average molecular weight is 302 g/mol. The highest BCUT2D eigenvalue weighted by Crippen LogP contribution is 2.29. The summed E-state index contributed by atoms with van der Waals surface area (Å²) >= 11 is 6.32. The van der Waals surface area contributed by atoms with Crippen LogP contribution in [0.5, 0.6) is 0 Å². The third kappa shape index (κ3) is 3.42. The topological polar surface area (TPSA) is 46.2 Å². The molecular formula is C14H20ClNO2S. The second kappa shape index (κ2) is 6.14. The molecule has 0 spiro atoms. The summed E-state index contributed by atoms with van der Waals surface area (Å²) < 4.78 is 24.1. The zero-order chi connectivity index (χ0) is 13.9. The maximum atomic E-state index is 12.1. The highest BCUT2D eigenvalue weighted by atomic mass is 35.5. The molecule has 0 saturated heterocycles. The van der Waals surface area contributed by atoms with Crippen LogP contribution in [0.15, 0.2) is 29.2 Å². The van der Waals surface area contributed by atoms with Gasteiger partial charge >= 0.3 is 0 Å². The fourth-order valence-electron chi connectivity index (χ4n) is 2.46. The van der Waals surface area contributed by atoms with Gasteiger partial charge in [-0.15, -0.1) is 11.6 Å². The lowest BCUT2D eigenvalue weighted by Gasteiger charge is -2.29. The van der Waals surface area contributed by atoms with Gasteiger partial charge in [0, 0.05) is 6.04 Å². The van der Waals surface area contributed by atoms with Crippen LogP contribution in [0.4, 0.5) is 5.69 Å². The molecule has 0 radical (unpaired) electrons. The lowest BCUT2D eigenvalue weighted by Crippen LogP contribution is -2.33. The van der Waals surface area contributed by atoms with E-state index in [-0.39, 0.29) is 17.2 Å². The molecule has 3 nitrogen and oxygen atoms in total. The highest BCUT2D eigenvalue weighted by Gasteiger charge is 2.25. The molecule has 2 unspecified atom stereocenters. The maximum Gasteiger partial charge on any atom is 0.180 e. The number of hydrogen-bond acceptors (Lipinski definition) is 3. The van der Waals surface area contributed by atoms with Gasteiger partial charge in [0.05, 0.1) is 21.7 Å². The molecule has 1 aromatic rings. The molecule has 0 heterocycles. The number of anilines is 1. The van der Waals surface area contributed by atoms with Crippen molar-refractivity contribution in [3.05, 3.63) is 24.3 Å². The van der Waals surface area contributed by atoms with Crippen LogP contribution in [-0.2, 0) is 9.84 Å². The van der Waals surface area contributed by atoms with Crippen LogP contribution in [0.3, 0.4) is 0 Å². The van der Waals surface area contributed by atoms with Crippen molar-refractivity contribution in [2.24, 2.45) is 0 Å². The minimum atomic E-state index is -3.20. The Morgan fingerprint density at radius 1 is 1.26 bits per heavy atom. The Hall–Kier alpha value is -0.740. The number of rotatable bonds is 4. The Bertz CT molecular complexity index is 530. The molecule has 0 aliphatic heterocycles. The Balaban J connectivity index is 2.25. The van der Waals surface area contributed by atoms with Crippen LogP contribution >= 0.6 is 11.6 Å². The molecule has 2 rings (SSSR count). The van der Waals surface area contributed by atoms with Crippen molar-refractivity contribution in [1.29, 1.82) is 0 Å². The number of hydrogen-bond donors (Lipinski definition) is 1. The van der Waals surface area contributed by atoms with E-state index in [1.165, 1.54) is 0 Å². The summed E-state index contributed by atoms with van der Waals surface area (Å²) in [6, 6.07) is 7.24. The van der Waals surface area contributed by atoms with Crippen molar-refractivity contribution < 1.29 is 8.42 Å². The van der Waals surface area contributed by atoms with E-state index < -0.39 is 9.84 Å². The monoisotopic (exact) mass is 301 g/mol. The molecule has 0 aromatic heterocycles. The van der Waals surface area contributed by atoms with E-state index in [0.29, 0.717) is 10.6 Å². The number of benzene rings is 1. The van der Waals surface area contributed by atoms with Crippen LogP contribution in [0.25, 0.3) is 0 Å². The van der Waals surface area contributed by atoms with Crippen molar-refractivity contribution in [2.75, 3.05) is 11.1 Å². The smallest absolute Gasteiger partial charge is 0.180 e. The molecule has 0 amide bonds. The first-order valence-corrected chi connectivity index (χ1v) is 8.86. The van der Waals surface area contributed by atoms with Crippen LogP contribution in [0, 0.1) is 0 Å². The molecule has 106 valence electrons. The molecule has 1 fully saturated rings. The zero-order valence-electron chi connectivity index (χ0n) is 11.1. The van der Waals surface area contributed by atoms with Gasteiger partial charge in [-0.25, -0.2) is 8.42 Å². The summed E-state index contributed by atoms with van der Waals surface area (Å²) in [5, 5.41) is 3.40. The summed E-state index contributed by atoms with van der Waals surface area (Å²) in [7, 11) is -3.20. The average Bonchev–Trinajstić information content (AvgIpc) is 2.42. The first-order chi connectivity index (χ1) is 9.04. The molecule has 1 saturated carbocycles. The van der Waals surface area contributed by atoms with E-state index in [0.717, 1.165) is 25.7 Å². The SMILES string of the molecule is CCS(=O)(=O)c1ccccc1NC1CCCCC1Cl. The fraction of sp³-hybridized carbons (Fsp3) is 0.571. The van der Waals surface area contributed by atoms with Crippen molar-refractivity contribution in [3.8, 4) is 0 Å². The van der Waals surface area contributed by atoms with Gasteiger partial charge in [-0.3, -0.25) is 0 Å². The van der Waals surface area contributed by atoms with E-state index in [4.69, 9.17) is 11.6 Å². The predicted molar refractivity (Wildman–Crippen MR) is 79.7 cm³/mol. The molecule has 1 N–H and O–H groups in total. The Kier molecular flexibility index (Phi) is 4.74. The van der Waals surface area contributed by atoms with Gasteiger partial charge in [-0.05, 0) is 25.0 Å². The van der Waals surface area contributed by atoms with Crippen LogP contribution in [-0.4, -0.2) is 25.6 Å². The minimum Gasteiger partial charge on any atom is -0.380 e. The maximum absolute atomic E-state index is 12.1. The summed E-state index contributed by atoms with van der Waals surface area (Å²) in [6.45, 7) is 1.66. The van der Waals surface area contributed by atoms with Gasteiger partial charge in [-0.1, -0.05) is 31.9 Å². The lowest BCUT2D eigenvalue weighted by molar-refractivity contribution is 0.469. The molecular weight excluding hydrogens is 282 g/mol. The number of halogens is 1. The van der Waals surface area contributed by atoms with Gasteiger partial charge in [0.25, 0.3) is 0 Å². The van der Waals surface area contributed by atoms with E-state index in [2.05, 4.69) is 5.32 Å². The van der Waals surface area contributed by atoms with Gasteiger partial charge in [0.2, 0.25) is 0 Å². The molecule has 1 aliphatic carbocycles. The lowest BCUT2D eigenvalue weighted by atomic mass is 9.95. The first kappa shape index (κ1) is 14.7. The van der Waals surface area contributed by atoms with Gasteiger partial charge in [-0.2, -0.15) is 0 Å². The van der Waals surface area contributed by atoms with Crippen molar-refractivity contribution in [2.45, 2.75) is 48.9 Å². The molecule has 1 aliphatic rings. The second-order valence-corrected chi connectivity index (χ2v) is 7.76. The van der Waals surface area contributed by atoms with E-state index in [9.17, 15) is 8.42 Å². The van der Waals surface area contributed by atoms with E-state index >= 15 is 0 Å². The van der Waals surface area contributed by atoms with Gasteiger partial charge in [0.1, 0.15) is 0 Å². The second-order valence-electron chi connectivity index (χ2n) is 4.95. The number of alkyl halides is 1. The summed E-state index contributed by atoms with van der Waals surface area (Å²) in [5.74, 6) is 0.112. The molecule has 5 heteroatoms.